The van der Waals surface area contributed by atoms with Crippen molar-refractivity contribution in [3.63, 3.8) is 0 Å². The number of pyridine rings is 1. The maximum atomic E-state index is 12.8. The quantitative estimate of drug-likeness (QED) is 0.638. The van der Waals surface area contributed by atoms with E-state index in [1.807, 2.05) is 30.3 Å². The molecule has 3 rings (SSSR count). The van der Waals surface area contributed by atoms with Gasteiger partial charge in [-0.25, -0.2) is 0 Å². The van der Waals surface area contributed by atoms with Crippen LogP contribution in [0.1, 0.15) is 16.7 Å². The summed E-state index contributed by atoms with van der Waals surface area (Å²) in [5.74, 6) is -0.00724. The molecule has 0 atom stereocenters. The van der Waals surface area contributed by atoms with Crippen LogP contribution in [-0.2, 0) is 30.7 Å². The lowest BCUT2D eigenvalue weighted by Crippen LogP contribution is -2.32. The molecule has 0 saturated heterocycles. The number of alkyl halides is 3. The Kier molecular flexibility index (Phi) is 6.56. The van der Waals surface area contributed by atoms with E-state index >= 15 is 0 Å². The van der Waals surface area contributed by atoms with E-state index in [-0.39, 0.29) is 6.54 Å². The highest BCUT2D eigenvalue weighted by Gasteiger charge is 2.31. The number of halogens is 3. The molecule has 1 heterocycles. The van der Waals surface area contributed by atoms with Gasteiger partial charge in [0.05, 0.1) is 5.56 Å². The van der Waals surface area contributed by atoms with E-state index in [0.29, 0.717) is 30.2 Å². The van der Waals surface area contributed by atoms with Crippen LogP contribution < -0.4 is 15.6 Å². The Morgan fingerprint density at radius 2 is 1.67 bits per heavy atom. The summed E-state index contributed by atoms with van der Waals surface area (Å²) in [6, 6.07) is 18.2. The normalized spacial score (nSPS) is 11.2. The van der Waals surface area contributed by atoms with Gasteiger partial charge in [-0.15, -0.1) is 0 Å². The van der Waals surface area contributed by atoms with Gasteiger partial charge in [0, 0.05) is 24.4 Å². The molecule has 0 fully saturated rings. The second kappa shape index (κ2) is 9.30. The minimum Gasteiger partial charge on any atom is -0.489 e. The third-order valence-corrected chi connectivity index (χ3v) is 4.31. The summed E-state index contributed by atoms with van der Waals surface area (Å²) < 4.78 is 45.0. The maximum absolute atomic E-state index is 12.8. The Hall–Kier alpha value is -3.55. The molecule has 156 valence electrons. The molecule has 1 amide bonds. The van der Waals surface area contributed by atoms with Crippen LogP contribution in [0.15, 0.2) is 77.7 Å². The fourth-order valence-electron chi connectivity index (χ4n) is 2.75. The van der Waals surface area contributed by atoms with Gasteiger partial charge in [0.1, 0.15) is 18.9 Å². The van der Waals surface area contributed by atoms with Crippen LogP contribution in [0.4, 0.5) is 13.2 Å². The van der Waals surface area contributed by atoms with E-state index in [1.165, 1.54) is 0 Å². The first kappa shape index (κ1) is 21.2. The summed E-state index contributed by atoms with van der Waals surface area (Å²) in [6.07, 6.45) is -3.96. The first-order valence-electron chi connectivity index (χ1n) is 9.12. The van der Waals surface area contributed by atoms with Crippen LogP contribution in [0.2, 0.25) is 0 Å². The Labute approximate surface area is 170 Å². The SMILES string of the molecule is O=C(Cn1cc(C(F)(F)F)ccc1=O)NCc1ccccc1OCc1ccccc1. The molecule has 8 heteroatoms. The van der Waals surface area contributed by atoms with E-state index in [0.717, 1.165) is 16.2 Å². The Morgan fingerprint density at radius 3 is 2.40 bits per heavy atom. The molecule has 1 aromatic heterocycles. The van der Waals surface area contributed by atoms with Crippen molar-refractivity contribution in [3.8, 4) is 5.75 Å². The van der Waals surface area contributed by atoms with Gasteiger partial charge in [-0.05, 0) is 17.7 Å². The Morgan fingerprint density at radius 1 is 0.967 bits per heavy atom. The highest BCUT2D eigenvalue weighted by atomic mass is 19.4. The van der Waals surface area contributed by atoms with Crippen LogP contribution in [0, 0.1) is 0 Å². The van der Waals surface area contributed by atoms with Gasteiger partial charge in [-0.3, -0.25) is 9.59 Å². The first-order valence-corrected chi connectivity index (χ1v) is 9.12. The number of carbonyl (C=O) groups excluding carboxylic acids is 1. The number of nitrogens with zero attached hydrogens (tertiary/aromatic N) is 1. The lowest BCUT2D eigenvalue weighted by molar-refractivity contribution is -0.138. The van der Waals surface area contributed by atoms with E-state index in [9.17, 15) is 22.8 Å². The summed E-state index contributed by atoms with van der Waals surface area (Å²) in [7, 11) is 0. The van der Waals surface area contributed by atoms with Gasteiger partial charge < -0.3 is 14.6 Å². The van der Waals surface area contributed by atoms with Crippen LogP contribution in [0.3, 0.4) is 0 Å². The van der Waals surface area contributed by atoms with E-state index in [2.05, 4.69) is 5.32 Å². The molecule has 0 bridgehead atoms. The summed E-state index contributed by atoms with van der Waals surface area (Å²) in [5.41, 5.74) is 0.0118. The van der Waals surface area contributed by atoms with Gasteiger partial charge >= 0.3 is 6.18 Å². The number of benzene rings is 2. The second-order valence-corrected chi connectivity index (χ2v) is 6.54. The van der Waals surface area contributed by atoms with Gasteiger partial charge in [0.15, 0.2) is 0 Å². The number of ether oxygens (including phenoxy) is 1. The van der Waals surface area contributed by atoms with E-state index in [1.54, 1.807) is 24.3 Å². The highest BCUT2D eigenvalue weighted by Crippen LogP contribution is 2.28. The molecule has 0 aliphatic rings. The molecule has 0 spiro atoms. The van der Waals surface area contributed by atoms with Gasteiger partial charge in [0.25, 0.3) is 5.56 Å². The van der Waals surface area contributed by atoms with Crippen molar-refractivity contribution in [1.82, 2.24) is 9.88 Å². The van der Waals surface area contributed by atoms with Crippen molar-refractivity contribution in [3.05, 3.63) is 100.0 Å². The zero-order valence-corrected chi connectivity index (χ0v) is 15.9. The smallest absolute Gasteiger partial charge is 0.417 e. The lowest BCUT2D eigenvalue weighted by atomic mass is 10.2. The average molecular weight is 416 g/mol. The number of amides is 1. The lowest BCUT2D eigenvalue weighted by Gasteiger charge is -2.13. The fraction of sp³-hybridized carbons (Fsp3) is 0.182. The minimum absolute atomic E-state index is 0.109. The zero-order chi connectivity index (χ0) is 21.6. The van der Waals surface area contributed by atoms with Crippen LogP contribution in [0.25, 0.3) is 0 Å². The van der Waals surface area contributed by atoms with E-state index < -0.39 is 29.8 Å². The van der Waals surface area contributed by atoms with Gasteiger partial charge in [-0.1, -0.05) is 48.5 Å². The molecular formula is C22H19F3N2O3. The molecule has 0 unspecified atom stereocenters. The molecule has 0 aliphatic carbocycles. The predicted molar refractivity (Wildman–Crippen MR) is 105 cm³/mol. The maximum Gasteiger partial charge on any atom is 0.417 e. The van der Waals surface area contributed by atoms with Crippen molar-refractivity contribution in [2.24, 2.45) is 0 Å². The Bertz CT molecular complexity index is 1060. The number of hydrogen-bond donors (Lipinski definition) is 1. The van der Waals surface area contributed by atoms with Crippen molar-refractivity contribution in [1.29, 1.82) is 0 Å². The molecule has 30 heavy (non-hydrogen) atoms. The van der Waals surface area contributed by atoms with Crippen molar-refractivity contribution < 1.29 is 22.7 Å². The van der Waals surface area contributed by atoms with Crippen LogP contribution >= 0.6 is 0 Å². The second-order valence-electron chi connectivity index (χ2n) is 6.54. The van der Waals surface area contributed by atoms with E-state index in [4.69, 9.17) is 4.74 Å². The number of aromatic nitrogens is 1. The topological polar surface area (TPSA) is 60.3 Å². The number of carbonyl (C=O) groups is 1. The summed E-state index contributed by atoms with van der Waals surface area (Å²) in [4.78, 5) is 24.0. The van der Waals surface area contributed by atoms with Crippen molar-refractivity contribution >= 4 is 5.91 Å². The largest absolute Gasteiger partial charge is 0.489 e. The van der Waals surface area contributed by atoms with Gasteiger partial charge in [0.2, 0.25) is 5.91 Å². The first-order chi connectivity index (χ1) is 14.3. The zero-order valence-electron chi connectivity index (χ0n) is 15.9. The minimum atomic E-state index is -4.60. The third kappa shape index (κ3) is 5.73. The summed E-state index contributed by atoms with van der Waals surface area (Å²) in [6.45, 7) is -0.0568. The Balaban J connectivity index is 1.62. The standard InChI is InChI=1S/C22H19F3N2O3/c23-22(24,25)18-10-11-21(29)27(13-18)14-20(28)26-12-17-8-4-5-9-19(17)30-15-16-6-2-1-3-7-16/h1-11,13H,12,14-15H2,(H,26,28). The third-order valence-electron chi connectivity index (χ3n) is 4.31. The fourth-order valence-corrected chi connectivity index (χ4v) is 2.75. The van der Waals surface area contributed by atoms with Crippen LogP contribution in [-0.4, -0.2) is 10.5 Å². The van der Waals surface area contributed by atoms with Crippen molar-refractivity contribution in [2.75, 3.05) is 0 Å². The highest BCUT2D eigenvalue weighted by molar-refractivity contribution is 5.75. The average Bonchev–Trinajstić information content (AvgIpc) is 2.73. The molecule has 0 aliphatic heterocycles. The predicted octanol–water partition coefficient (Wildman–Crippen LogP) is 3.76. The number of hydrogen-bond acceptors (Lipinski definition) is 3. The molecule has 2 aromatic carbocycles. The number of para-hydroxylation sites is 1. The monoisotopic (exact) mass is 416 g/mol. The molecule has 3 aromatic rings. The number of nitrogens with one attached hydrogen (secondary N) is 1. The van der Waals surface area contributed by atoms with Gasteiger partial charge in [-0.2, -0.15) is 13.2 Å². The number of rotatable bonds is 7. The molecule has 0 radical (unpaired) electrons. The molecule has 1 N–H and O–H groups in total. The summed E-state index contributed by atoms with van der Waals surface area (Å²) in [5, 5.41) is 2.61. The molecule has 0 saturated carbocycles. The summed E-state index contributed by atoms with van der Waals surface area (Å²) >= 11 is 0. The molecule has 5 nitrogen and oxygen atoms in total. The van der Waals surface area contributed by atoms with Crippen LogP contribution in [0.5, 0.6) is 5.75 Å². The molecular weight excluding hydrogens is 397 g/mol. The van der Waals surface area contributed by atoms with Crippen molar-refractivity contribution in [2.45, 2.75) is 25.9 Å².